The predicted molar refractivity (Wildman–Crippen MR) is 106 cm³/mol. The van der Waals surface area contributed by atoms with Crippen molar-refractivity contribution >= 4 is 39.1 Å². The van der Waals surface area contributed by atoms with Crippen LogP contribution in [0.1, 0.15) is 23.4 Å². The second-order valence-corrected chi connectivity index (χ2v) is 7.55. The summed E-state index contributed by atoms with van der Waals surface area (Å²) in [7, 11) is 0. The van der Waals surface area contributed by atoms with Crippen molar-refractivity contribution in [3.05, 3.63) is 63.1 Å². The Kier molecular flexibility index (Phi) is 6.33. The van der Waals surface area contributed by atoms with E-state index in [0.717, 1.165) is 10.2 Å². The fourth-order valence-corrected chi connectivity index (χ4v) is 3.28. The lowest BCUT2D eigenvalue weighted by Gasteiger charge is -2.05. The first-order valence-corrected chi connectivity index (χ1v) is 9.67. The summed E-state index contributed by atoms with van der Waals surface area (Å²) in [6.07, 6.45) is -1.42. The van der Waals surface area contributed by atoms with Gasteiger partial charge in [-0.25, -0.2) is 0 Å². The van der Waals surface area contributed by atoms with Crippen LogP contribution in [0.5, 0.6) is 0 Å². The molecule has 0 saturated heterocycles. The number of benzene rings is 1. The molecule has 0 unspecified atom stereocenters. The molecule has 1 aromatic carbocycles. The fraction of sp³-hybridized carbons (Fsp3) is 0.278. The number of halogens is 5. The van der Waals surface area contributed by atoms with E-state index in [4.69, 9.17) is 11.6 Å². The Morgan fingerprint density at radius 3 is 2.59 bits per heavy atom. The Labute approximate surface area is 177 Å². The van der Waals surface area contributed by atoms with Crippen LogP contribution in [0, 0.1) is 6.92 Å². The van der Waals surface area contributed by atoms with Crippen molar-refractivity contribution in [3.63, 3.8) is 0 Å². The van der Waals surface area contributed by atoms with E-state index in [2.05, 4.69) is 31.4 Å². The summed E-state index contributed by atoms with van der Waals surface area (Å²) in [5.41, 5.74) is 0.800. The average molecular weight is 491 g/mol. The van der Waals surface area contributed by atoms with Crippen molar-refractivity contribution < 1.29 is 18.0 Å². The van der Waals surface area contributed by atoms with Gasteiger partial charge in [-0.05, 0) is 40.5 Å². The first-order valence-electron chi connectivity index (χ1n) is 8.50. The van der Waals surface area contributed by atoms with Crippen molar-refractivity contribution in [3.8, 4) is 0 Å². The SMILES string of the molecule is Cc1c(Br)c(C(F)(F)F)nn1CCC(=O)Nc1cnn(Cc2ccc(Cl)cc2)c1. The standard InChI is InChI=1S/C18H16BrClF3N5O/c1-11-16(19)17(18(21,22)23)26-28(11)7-6-15(29)25-14-8-24-27(10-14)9-12-2-4-13(20)5-3-12/h2-5,8,10H,6-7,9H2,1H3,(H,25,29). The Hall–Kier alpha value is -2.33. The molecule has 0 aliphatic heterocycles. The highest BCUT2D eigenvalue weighted by Crippen LogP contribution is 2.35. The van der Waals surface area contributed by atoms with E-state index >= 15 is 0 Å². The lowest BCUT2D eigenvalue weighted by molar-refractivity contribution is -0.142. The van der Waals surface area contributed by atoms with Crippen molar-refractivity contribution in [2.75, 3.05) is 5.32 Å². The summed E-state index contributed by atoms with van der Waals surface area (Å²) in [6, 6.07) is 7.32. The van der Waals surface area contributed by atoms with E-state index in [1.54, 1.807) is 23.0 Å². The van der Waals surface area contributed by atoms with Gasteiger partial charge in [-0.2, -0.15) is 23.4 Å². The van der Waals surface area contributed by atoms with Gasteiger partial charge in [0.2, 0.25) is 5.91 Å². The maximum Gasteiger partial charge on any atom is 0.436 e. The van der Waals surface area contributed by atoms with Gasteiger partial charge < -0.3 is 5.32 Å². The quantitative estimate of drug-likeness (QED) is 0.535. The minimum atomic E-state index is -4.56. The molecular weight excluding hydrogens is 475 g/mol. The first kappa shape index (κ1) is 21.4. The van der Waals surface area contributed by atoms with Crippen LogP contribution in [0.2, 0.25) is 5.02 Å². The first-order chi connectivity index (χ1) is 13.6. The Bertz CT molecular complexity index is 1010. The highest BCUT2D eigenvalue weighted by atomic mass is 79.9. The molecule has 29 heavy (non-hydrogen) atoms. The maximum atomic E-state index is 12.9. The molecule has 0 saturated carbocycles. The fourth-order valence-electron chi connectivity index (χ4n) is 2.65. The molecule has 154 valence electrons. The molecule has 3 aromatic rings. The van der Waals surface area contributed by atoms with Crippen LogP contribution in [0.4, 0.5) is 18.9 Å². The van der Waals surface area contributed by atoms with Crippen LogP contribution < -0.4 is 5.32 Å². The number of amides is 1. The molecular formula is C18H16BrClF3N5O. The molecule has 2 aromatic heterocycles. The van der Waals surface area contributed by atoms with Gasteiger partial charge in [0, 0.05) is 17.6 Å². The van der Waals surface area contributed by atoms with Gasteiger partial charge in [0.05, 0.1) is 35.1 Å². The highest BCUT2D eigenvalue weighted by Gasteiger charge is 2.37. The van der Waals surface area contributed by atoms with Crippen molar-refractivity contribution in [1.29, 1.82) is 0 Å². The summed E-state index contributed by atoms with van der Waals surface area (Å²) < 4.78 is 41.4. The van der Waals surface area contributed by atoms with E-state index < -0.39 is 11.9 Å². The van der Waals surface area contributed by atoms with E-state index in [0.29, 0.717) is 22.9 Å². The molecule has 6 nitrogen and oxygen atoms in total. The third kappa shape index (κ3) is 5.39. The number of carbonyl (C=O) groups excluding carboxylic acids is 1. The van der Waals surface area contributed by atoms with Crippen LogP contribution >= 0.6 is 27.5 Å². The van der Waals surface area contributed by atoms with Gasteiger partial charge in [-0.15, -0.1) is 0 Å². The van der Waals surface area contributed by atoms with Crippen molar-refractivity contribution in [2.24, 2.45) is 0 Å². The lowest BCUT2D eigenvalue weighted by Crippen LogP contribution is -2.16. The number of nitrogens with one attached hydrogen (secondary N) is 1. The van der Waals surface area contributed by atoms with Gasteiger partial charge in [0.1, 0.15) is 0 Å². The molecule has 0 radical (unpaired) electrons. The molecule has 0 aliphatic rings. The second kappa shape index (κ2) is 8.58. The molecule has 0 aliphatic carbocycles. The van der Waals surface area contributed by atoms with Gasteiger partial charge in [0.15, 0.2) is 5.69 Å². The van der Waals surface area contributed by atoms with E-state index in [1.165, 1.54) is 13.1 Å². The van der Waals surface area contributed by atoms with E-state index in [1.807, 2.05) is 12.1 Å². The molecule has 0 spiro atoms. The van der Waals surface area contributed by atoms with Gasteiger partial charge >= 0.3 is 6.18 Å². The summed E-state index contributed by atoms with van der Waals surface area (Å²) in [4.78, 5) is 12.2. The van der Waals surface area contributed by atoms with Crippen molar-refractivity contribution in [2.45, 2.75) is 32.6 Å². The summed E-state index contributed by atoms with van der Waals surface area (Å²) in [5.74, 6) is -0.351. The molecule has 0 bridgehead atoms. The topological polar surface area (TPSA) is 64.7 Å². The molecule has 0 fully saturated rings. The number of rotatable bonds is 6. The monoisotopic (exact) mass is 489 g/mol. The van der Waals surface area contributed by atoms with Gasteiger partial charge in [-0.1, -0.05) is 23.7 Å². The van der Waals surface area contributed by atoms with E-state index in [9.17, 15) is 18.0 Å². The largest absolute Gasteiger partial charge is 0.436 e. The average Bonchev–Trinajstić information content (AvgIpc) is 3.20. The zero-order valence-corrected chi connectivity index (χ0v) is 17.5. The minimum absolute atomic E-state index is 0.0191. The smallest absolute Gasteiger partial charge is 0.323 e. The second-order valence-electron chi connectivity index (χ2n) is 6.32. The highest BCUT2D eigenvalue weighted by molar-refractivity contribution is 9.10. The zero-order valence-electron chi connectivity index (χ0n) is 15.2. The van der Waals surface area contributed by atoms with E-state index in [-0.39, 0.29) is 23.3 Å². The summed E-state index contributed by atoms with van der Waals surface area (Å²) >= 11 is 8.77. The van der Waals surface area contributed by atoms with Crippen LogP contribution in [-0.4, -0.2) is 25.5 Å². The third-order valence-corrected chi connectivity index (χ3v) is 5.33. The summed E-state index contributed by atoms with van der Waals surface area (Å²) in [5, 5.41) is 11.1. The Morgan fingerprint density at radius 1 is 1.28 bits per heavy atom. The van der Waals surface area contributed by atoms with Gasteiger partial charge in [-0.3, -0.25) is 14.2 Å². The molecule has 3 rings (SSSR count). The maximum absolute atomic E-state index is 12.9. The number of nitrogens with zero attached hydrogens (tertiary/aromatic N) is 4. The number of carbonyl (C=O) groups is 1. The number of aromatic nitrogens is 4. The van der Waals surface area contributed by atoms with Crippen LogP contribution in [0.25, 0.3) is 0 Å². The molecule has 2 heterocycles. The number of hydrogen-bond acceptors (Lipinski definition) is 3. The third-order valence-electron chi connectivity index (χ3n) is 4.13. The lowest BCUT2D eigenvalue weighted by atomic mass is 10.2. The van der Waals surface area contributed by atoms with Gasteiger partial charge in [0.25, 0.3) is 0 Å². The number of anilines is 1. The predicted octanol–water partition coefficient (Wildman–Crippen LogP) is 4.90. The number of alkyl halides is 3. The van der Waals surface area contributed by atoms with Crippen LogP contribution in [0.3, 0.4) is 0 Å². The normalized spacial score (nSPS) is 11.7. The zero-order chi connectivity index (χ0) is 21.2. The van der Waals surface area contributed by atoms with Crippen LogP contribution in [-0.2, 0) is 24.1 Å². The molecule has 11 heteroatoms. The number of aryl methyl sites for hydroxylation is 1. The minimum Gasteiger partial charge on any atom is -0.323 e. The molecule has 1 amide bonds. The number of hydrogen-bond donors (Lipinski definition) is 1. The van der Waals surface area contributed by atoms with Crippen LogP contribution in [0.15, 0.2) is 41.1 Å². The Morgan fingerprint density at radius 2 is 1.97 bits per heavy atom. The summed E-state index contributed by atoms with van der Waals surface area (Å²) in [6.45, 7) is 2.03. The Balaban J connectivity index is 1.56. The van der Waals surface area contributed by atoms with Crippen molar-refractivity contribution in [1.82, 2.24) is 19.6 Å². The molecule has 1 N–H and O–H groups in total. The molecule has 0 atom stereocenters.